The molecule has 1 aliphatic heterocycles. The second kappa shape index (κ2) is 6.65. The molecule has 5 nitrogen and oxygen atoms in total. The maximum absolute atomic E-state index is 11.9. The van der Waals surface area contributed by atoms with Crippen molar-refractivity contribution in [3.63, 3.8) is 0 Å². The minimum Gasteiger partial charge on any atom is -0.348 e. The highest BCUT2D eigenvalue weighted by atomic mass is 32.1. The minimum absolute atomic E-state index is 0.0797. The Labute approximate surface area is 117 Å². The van der Waals surface area contributed by atoms with Crippen LogP contribution in [0.5, 0.6) is 0 Å². The summed E-state index contributed by atoms with van der Waals surface area (Å²) in [6, 6.07) is 0.0837. The number of nitrogens with one attached hydrogen (secondary N) is 1. The average Bonchev–Trinajstić information content (AvgIpc) is 2.88. The zero-order valence-electron chi connectivity index (χ0n) is 11.1. The summed E-state index contributed by atoms with van der Waals surface area (Å²) in [4.78, 5) is 30.2. The molecular formula is C13H19N3O2S. The Hall–Kier alpha value is -1.43. The van der Waals surface area contributed by atoms with Gasteiger partial charge in [0.15, 0.2) is 0 Å². The second-order valence-electron chi connectivity index (χ2n) is 4.74. The smallest absolute Gasteiger partial charge is 0.263 e. The number of amides is 2. The van der Waals surface area contributed by atoms with Gasteiger partial charge in [0.1, 0.15) is 4.88 Å². The van der Waals surface area contributed by atoms with Gasteiger partial charge in [-0.1, -0.05) is 6.92 Å². The van der Waals surface area contributed by atoms with Gasteiger partial charge >= 0.3 is 0 Å². The molecule has 0 radical (unpaired) electrons. The molecule has 1 saturated heterocycles. The number of carbonyl (C=O) groups excluding carboxylic acids is 2. The highest BCUT2D eigenvalue weighted by Crippen LogP contribution is 2.14. The van der Waals surface area contributed by atoms with E-state index in [1.54, 1.807) is 11.7 Å². The van der Waals surface area contributed by atoms with E-state index in [0.717, 1.165) is 32.4 Å². The second-order valence-corrected chi connectivity index (χ2v) is 5.63. The molecule has 2 amide bonds. The van der Waals surface area contributed by atoms with E-state index in [-0.39, 0.29) is 17.9 Å². The number of carbonyl (C=O) groups is 2. The fourth-order valence-corrected chi connectivity index (χ4v) is 2.79. The third-order valence-electron chi connectivity index (χ3n) is 3.29. The zero-order chi connectivity index (χ0) is 13.7. The summed E-state index contributed by atoms with van der Waals surface area (Å²) in [6.45, 7) is 3.62. The number of aromatic nitrogens is 1. The fourth-order valence-electron chi connectivity index (χ4n) is 2.27. The molecule has 0 aromatic carbocycles. The average molecular weight is 281 g/mol. The molecule has 1 atom stereocenters. The number of nitrogens with zero attached hydrogens (tertiary/aromatic N) is 2. The van der Waals surface area contributed by atoms with E-state index in [2.05, 4.69) is 17.2 Å². The lowest BCUT2D eigenvalue weighted by Gasteiger charge is -2.20. The Bertz CT molecular complexity index is 433. The maximum Gasteiger partial charge on any atom is 0.263 e. The van der Waals surface area contributed by atoms with Crippen LogP contribution < -0.4 is 5.32 Å². The molecule has 1 fully saturated rings. The minimum atomic E-state index is -0.0797. The summed E-state index contributed by atoms with van der Waals surface area (Å²) in [6.07, 6.45) is 4.63. The van der Waals surface area contributed by atoms with Crippen LogP contribution in [0, 0.1) is 0 Å². The lowest BCUT2D eigenvalue weighted by Crippen LogP contribution is -2.35. The van der Waals surface area contributed by atoms with Crippen LogP contribution in [0.25, 0.3) is 0 Å². The van der Waals surface area contributed by atoms with E-state index in [1.165, 1.54) is 11.3 Å². The lowest BCUT2D eigenvalue weighted by atomic mass is 10.1. The number of thiazole rings is 1. The van der Waals surface area contributed by atoms with Crippen molar-refractivity contribution >= 4 is 23.2 Å². The number of rotatable bonds is 4. The third kappa shape index (κ3) is 3.76. The summed E-state index contributed by atoms with van der Waals surface area (Å²) in [5.74, 6) is 0.125. The Morgan fingerprint density at radius 3 is 3.11 bits per heavy atom. The largest absolute Gasteiger partial charge is 0.348 e. The summed E-state index contributed by atoms with van der Waals surface area (Å²) in [5.41, 5.74) is 1.65. The van der Waals surface area contributed by atoms with Gasteiger partial charge in [0.25, 0.3) is 5.91 Å². The van der Waals surface area contributed by atoms with Gasteiger partial charge in [0.2, 0.25) is 5.91 Å². The third-order valence-corrected chi connectivity index (χ3v) is 4.06. The first-order valence-corrected chi connectivity index (χ1v) is 7.55. The SMILES string of the molecule is CCCN1CCC(NC(=O)c2cncs2)CCC1=O. The molecular weight excluding hydrogens is 262 g/mol. The van der Waals surface area contributed by atoms with E-state index in [9.17, 15) is 9.59 Å². The van der Waals surface area contributed by atoms with Crippen molar-refractivity contribution in [1.82, 2.24) is 15.2 Å². The van der Waals surface area contributed by atoms with Crippen molar-refractivity contribution in [1.29, 1.82) is 0 Å². The molecule has 1 aromatic rings. The molecule has 0 saturated carbocycles. The van der Waals surface area contributed by atoms with Gasteiger partial charge in [-0.25, -0.2) is 0 Å². The Kier molecular flexibility index (Phi) is 4.90. The molecule has 2 heterocycles. The van der Waals surface area contributed by atoms with Gasteiger partial charge < -0.3 is 10.2 Å². The van der Waals surface area contributed by atoms with E-state index >= 15 is 0 Å². The van der Waals surface area contributed by atoms with Crippen molar-refractivity contribution in [3.05, 3.63) is 16.6 Å². The van der Waals surface area contributed by atoms with Crippen LogP contribution in [0.4, 0.5) is 0 Å². The van der Waals surface area contributed by atoms with Crippen molar-refractivity contribution in [3.8, 4) is 0 Å². The number of hydrogen-bond acceptors (Lipinski definition) is 4. The predicted molar refractivity (Wildman–Crippen MR) is 74.1 cm³/mol. The predicted octanol–water partition coefficient (Wildman–Crippen LogP) is 1.66. The Morgan fingerprint density at radius 2 is 2.42 bits per heavy atom. The standard InChI is InChI=1S/C13H19N3O2S/c1-2-6-16-7-5-10(3-4-12(16)17)15-13(18)11-8-14-9-19-11/h8-10H,2-7H2,1H3,(H,15,18). The molecule has 1 unspecified atom stereocenters. The van der Waals surface area contributed by atoms with Gasteiger partial charge in [0, 0.05) is 25.6 Å². The van der Waals surface area contributed by atoms with Crippen LogP contribution in [-0.2, 0) is 4.79 Å². The van der Waals surface area contributed by atoms with Crippen LogP contribution >= 0.6 is 11.3 Å². The van der Waals surface area contributed by atoms with E-state index in [4.69, 9.17) is 0 Å². The lowest BCUT2D eigenvalue weighted by molar-refractivity contribution is -0.130. The Morgan fingerprint density at radius 1 is 1.58 bits per heavy atom. The van der Waals surface area contributed by atoms with Crippen molar-refractivity contribution < 1.29 is 9.59 Å². The van der Waals surface area contributed by atoms with Crippen LogP contribution in [-0.4, -0.2) is 40.8 Å². The highest BCUT2D eigenvalue weighted by Gasteiger charge is 2.23. The molecule has 0 aliphatic carbocycles. The van der Waals surface area contributed by atoms with E-state index in [1.807, 2.05) is 4.90 Å². The van der Waals surface area contributed by atoms with Crippen molar-refractivity contribution in [2.45, 2.75) is 38.6 Å². The van der Waals surface area contributed by atoms with Gasteiger partial charge in [-0.05, 0) is 19.3 Å². The number of likely N-dealkylation sites (tertiary alicyclic amines) is 1. The molecule has 0 spiro atoms. The van der Waals surface area contributed by atoms with Gasteiger partial charge in [0.05, 0.1) is 11.7 Å². The summed E-state index contributed by atoms with van der Waals surface area (Å²) in [5, 5.41) is 3.00. The fraction of sp³-hybridized carbons (Fsp3) is 0.615. The molecule has 6 heteroatoms. The number of hydrogen-bond donors (Lipinski definition) is 1. The van der Waals surface area contributed by atoms with Gasteiger partial charge in [-0.15, -0.1) is 11.3 Å². The van der Waals surface area contributed by atoms with Crippen LogP contribution in [0.1, 0.15) is 42.3 Å². The van der Waals surface area contributed by atoms with E-state index in [0.29, 0.717) is 11.3 Å². The topological polar surface area (TPSA) is 62.3 Å². The summed E-state index contributed by atoms with van der Waals surface area (Å²) in [7, 11) is 0. The highest BCUT2D eigenvalue weighted by molar-refractivity contribution is 7.11. The monoisotopic (exact) mass is 281 g/mol. The first kappa shape index (κ1) is 14.0. The van der Waals surface area contributed by atoms with Crippen LogP contribution in [0.2, 0.25) is 0 Å². The first-order valence-electron chi connectivity index (χ1n) is 6.68. The van der Waals surface area contributed by atoms with Gasteiger partial charge in [-0.2, -0.15) is 0 Å². The summed E-state index contributed by atoms with van der Waals surface area (Å²) >= 11 is 1.33. The molecule has 1 N–H and O–H groups in total. The molecule has 0 bridgehead atoms. The summed E-state index contributed by atoms with van der Waals surface area (Å²) < 4.78 is 0. The van der Waals surface area contributed by atoms with Gasteiger partial charge in [-0.3, -0.25) is 14.6 Å². The zero-order valence-corrected chi connectivity index (χ0v) is 11.9. The molecule has 1 aliphatic rings. The maximum atomic E-state index is 11.9. The van der Waals surface area contributed by atoms with Crippen molar-refractivity contribution in [2.75, 3.05) is 13.1 Å². The normalized spacial score (nSPS) is 20.2. The molecule has 1 aromatic heterocycles. The van der Waals surface area contributed by atoms with Crippen molar-refractivity contribution in [2.24, 2.45) is 0 Å². The first-order chi connectivity index (χ1) is 9.20. The molecule has 19 heavy (non-hydrogen) atoms. The molecule has 2 rings (SSSR count). The Balaban J connectivity index is 1.89. The van der Waals surface area contributed by atoms with Crippen LogP contribution in [0.3, 0.4) is 0 Å². The molecule has 104 valence electrons. The quantitative estimate of drug-likeness (QED) is 0.913. The van der Waals surface area contributed by atoms with E-state index < -0.39 is 0 Å². The van der Waals surface area contributed by atoms with Crippen LogP contribution in [0.15, 0.2) is 11.7 Å².